The highest BCUT2D eigenvalue weighted by molar-refractivity contribution is 6.31. The molecule has 0 bridgehead atoms. The van der Waals surface area contributed by atoms with Crippen LogP contribution < -0.4 is 0 Å². The summed E-state index contributed by atoms with van der Waals surface area (Å²) in [7, 11) is 3.53. The van der Waals surface area contributed by atoms with Gasteiger partial charge < -0.3 is 14.5 Å². The summed E-state index contributed by atoms with van der Waals surface area (Å²) in [6.07, 6.45) is -1.71. The molecule has 0 saturated carbocycles. The Morgan fingerprint density at radius 1 is 1.29 bits per heavy atom. The van der Waals surface area contributed by atoms with Crippen LogP contribution in [0.15, 0.2) is 45.2 Å². The second-order valence-corrected chi connectivity index (χ2v) is 8.37. The fourth-order valence-electron chi connectivity index (χ4n) is 3.03. The Hall–Kier alpha value is -2.29. The largest absolute Gasteiger partial charge is 0.499 e. The van der Waals surface area contributed by atoms with Crippen LogP contribution in [-0.4, -0.2) is 86.0 Å². The predicted molar refractivity (Wildman–Crippen MR) is 126 cm³/mol. The van der Waals surface area contributed by atoms with Gasteiger partial charge >= 0.3 is 6.18 Å². The number of amides is 1. The number of methoxy groups -OCH3 is 1. The molecule has 0 unspecified atom stereocenters. The van der Waals surface area contributed by atoms with E-state index in [1.807, 2.05) is 7.05 Å². The molecule has 192 valence electrons. The smallest absolute Gasteiger partial charge is 0.394 e. The summed E-state index contributed by atoms with van der Waals surface area (Å²) in [6, 6.07) is 0. The summed E-state index contributed by atoms with van der Waals surface area (Å²) < 4.78 is 54.8. The molecule has 1 saturated heterocycles. The summed E-state index contributed by atoms with van der Waals surface area (Å²) in [5.74, 6) is 0.155. The minimum Gasteiger partial charge on any atom is -0.499 e. The Bertz CT molecular complexity index is 854. The molecule has 11 heteroatoms. The van der Waals surface area contributed by atoms with Gasteiger partial charge in [-0.1, -0.05) is 23.4 Å². The second kappa shape index (κ2) is 14.2. The third kappa shape index (κ3) is 11.2. The number of hydrogen-bond acceptors (Lipinski definition) is 5. The SMILES string of the molecule is CCN(CC(=O)N1CCN(C)CC1)/N=C(\C)CC(F)(F)F.CO/C1=C(\Cl)C=C=C(F)/C(C)=C\C1. The van der Waals surface area contributed by atoms with E-state index in [4.69, 9.17) is 16.3 Å². The maximum atomic E-state index is 13.0. The molecule has 6 nitrogen and oxygen atoms in total. The first-order valence-corrected chi connectivity index (χ1v) is 11.3. The van der Waals surface area contributed by atoms with Gasteiger partial charge in [0.1, 0.15) is 12.3 Å². The van der Waals surface area contributed by atoms with Crippen LogP contribution in [0.3, 0.4) is 0 Å². The van der Waals surface area contributed by atoms with Crippen molar-refractivity contribution in [1.82, 2.24) is 14.8 Å². The molecule has 0 N–H and O–H groups in total. The molecular weight excluding hydrogens is 476 g/mol. The van der Waals surface area contributed by atoms with Crippen molar-refractivity contribution in [2.24, 2.45) is 5.10 Å². The summed E-state index contributed by atoms with van der Waals surface area (Å²) in [4.78, 5) is 16.0. The highest BCUT2D eigenvalue weighted by Gasteiger charge is 2.28. The van der Waals surface area contributed by atoms with Crippen LogP contribution in [0.1, 0.15) is 33.6 Å². The number of carbonyl (C=O) groups excluding carboxylic acids is 1. The van der Waals surface area contributed by atoms with Crippen molar-refractivity contribution >= 4 is 23.2 Å². The van der Waals surface area contributed by atoms with Gasteiger partial charge in [0.05, 0.1) is 18.6 Å². The van der Waals surface area contributed by atoms with E-state index in [9.17, 15) is 22.4 Å². The van der Waals surface area contributed by atoms with Crippen molar-refractivity contribution in [1.29, 1.82) is 0 Å². The zero-order chi connectivity index (χ0) is 25.9. The van der Waals surface area contributed by atoms with Crippen LogP contribution in [0, 0.1) is 0 Å². The minimum absolute atomic E-state index is 0.0232. The molecule has 1 amide bonds. The number of alkyl halides is 3. The topological polar surface area (TPSA) is 48.4 Å². The van der Waals surface area contributed by atoms with Gasteiger partial charge in [-0.05, 0) is 33.4 Å². The van der Waals surface area contributed by atoms with E-state index in [0.29, 0.717) is 42.4 Å². The van der Waals surface area contributed by atoms with Crippen molar-refractivity contribution in [2.45, 2.75) is 39.8 Å². The van der Waals surface area contributed by atoms with Gasteiger partial charge in [0.25, 0.3) is 0 Å². The van der Waals surface area contributed by atoms with Crippen molar-refractivity contribution < 1.29 is 27.1 Å². The Balaban J connectivity index is 0.000000380. The zero-order valence-electron chi connectivity index (χ0n) is 20.3. The number of carbonyl (C=O) groups is 1. The molecule has 2 rings (SSSR count). The molecular formula is C23H33ClF4N4O2. The van der Waals surface area contributed by atoms with E-state index < -0.39 is 12.6 Å². The highest BCUT2D eigenvalue weighted by atomic mass is 35.5. The standard InChI is InChI=1S/C13H23F3N4O.C10H10ClFO/c1-4-20(17-11(2)9-13(14,15)16)10-12(21)19-7-5-18(3)6-8-19;1-7-3-6-10(13-2)8(11)4-5-9(7)12/h4-10H2,1-3H3;3-4H,6H2,1-2H3/b17-11+;7-3-,10-8-. The molecule has 0 radical (unpaired) electrons. The van der Waals surface area contributed by atoms with E-state index in [1.54, 1.807) is 24.8 Å². The fourth-order valence-corrected chi connectivity index (χ4v) is 3.24. The number of halogens is 5. The highest BCUT2D eigenvalue weighted by Crippen LogP contribution is 2.22. The molecule has 0 aromatic rings. The average Bonchev–Trinajstić information content (AvgIpc) is 2.76. The normalized spacial score (nSPS) is 21.5. The molecule has 1 aliphatic carbocycles. The lowest BCUT2D eigenvalue weighted by atomic mass is 10.1. The van der Waals surface area contributed by atoms with Crippen LogP contribution in [0.4, 0.5) is 17.6 Å². The van der Waals surface area contributed by atoms with E-state index in [1.165, 1.54) is 25.1 Å². The molecule has 0 spiro atoms. The third-order valence-corrected chi connectivity index (χ3v) is 5.41. The monoisotopic (exact) mass is 508 g/mol. The lowest BCUT2D eigenvalue weighted by Crippen LogP contribution is -2.49. The summed E-state index contributed by atoms with van der Waals surface area (Å²) >= 11 is 5.80. The predicted octanol–water partition coefficient (Wildman–Crippen LogP) is 4.85. The number of hydrazone groups is 1. The van der Waals surface area contributed by atoms with Crippen molar-refractivity contribution in [3.05, 3.63) is 40.1 Å². The molecule has 2 aliphatic rings. The maximum absolute atomic E-state index is 13.0. The molecule has 0 atom stereocenters. The third-order valence-electron chi connectivity index (χ3n) is 5.09. The van der Waals surface area contributed by atoms with Crippen LogP contribution >= 0.6 is 11.6 Å². The number of hydrogen-bond donors (Lipinski definition) is 0. The number of likely N-dealkylation sites (N-methyl/N-ethyl adjacent to an activating group) is 2. The van der Waals surface area contributed by atoms with E-state index in [-0.39, 0.29) is 24.0 Å². The Kier molecular flexibility index (Phi) is 12.4. The molecule has 1 fully saturated rings. The summed E-state index contributed by atoms with van der Waals surface area (Å²) in [5, 5.41) is 5.68. The van der Waals surface area contributed by atoms with Crippen LogP contribution in [0.2, 0.25) is 0 Å². The average molecular weight is 509 g/mol. The van der Waals surface area contributed by atoms with Crippen molar-refractivity contribution in [3.8, 4) is 0 Å². The van der Waals surface area contributed by atoms with Gasteiger partial charge in [-0.2, -0.15) is 22.7 Å². The van der Waals surface area contributed by atoms with Crippen LogP contribution in [-0.2, 0) is 9.53 Å². The van der Waals surface area contributed by atoms with E-state index in [2.05, 4.69) is 15.7 Å². The van der Waals surface area contributed by atoms with Gasteiger partial charge in [0.15, 0.2) is 5.83 Å². The Labute approximate surface area is 203 Å². The number of ether oxygens (including phenoxy) is 1. The molecule has 0 aromatic carbocycles. The minimum atomic E-state index is -4.27. The molecule has 1 heterocycles. The number of piperazine rings is 1. The lowest BCUT2D eigenvalue weighted by Gasteiger charge is -2.33. The van der Waals surface area contributed by atoms with Crippen LogP contribution in [0.5, 0.6) is 0 Å². The molecule has 34 heavy (non-hydrogen) atoms. The molecule has 1 aliphatic heterocycles. The maximum Gasteiger partial charge on any atom is 0.394 e. The molecule has 0 aromatic heterocycles. The number of allylic oxidation sites excluding steroid dienone is 4. The number of nitrogens with zero attached hydrogens (tertiary/aromatic N) is 4. The van der Waals surface area contributed by atoms with E-state index in [0.717, 1.165) is 13.1 Å². The van der Waals surface area contributed by atoms with Gasteiger partial charge in [0, 0.05) is 50.9 Å². The van der Waals surface area contributed by atoms with E-state index >= 15 is 0 Å². The van der Waals surface area contributed by atoms with Crippen LogP contribution in [0.25, 0.3) is 0 Å². The Morgan fingerprint density at radius 2 is 1.91 bits per heavy atom. The first-order valence-electron chi connectivity index (χ1n) is 10.9. The first kappa shape index (κ1) is 29.7. The fraction of sp³-hybridized carbons (Fsp3) is 0.609. The van der Waals surface area contributed by atoms with Gasteiger partial charge in [-0.3, -0.25) is 9.80 Å². The van der Waals surface area contributed by atoms with Crippen molar-refractivity contribution in [3.63, 3.8) is 0 Å². The van der Waals surface area contributed by atoms with Gasteiger partial charge in [0.2, 0.25) is 5.91 Å². The zero-order valence-corrected chi connectivity index (χ0v) is 21.1. The first-order chi connectivity index (χ1) is 15.9. The van der Waals surface area contributed by atoms with Gasteiger partial charge in [-0.25, -0.2) is 0 Å². The summed E-state index contributed by atoms with van der Waals surface area (Å²) in [6.45, 7) is 8.13. The van der Waals surface area contributed by atoms with Crippen molar-refractivity contribution in [2.75, 3.05) is 53.4 Å². The Morgan fingerprint density at radius 3 is 2.44 bits per heavy atom. The van der Waals surface area contributed by atoms with Gasteiger partial charge in [-0.15, -0.1) is 0 Å². The number of rotatable bonds is 6. The lowest BCUT2D eigenvalue weighted by molar-refractivity contribution is -0.133. The second-order valence-electron chi connectivity index (χ2n) is 7.96. The quantitative estimate of drug-likeness (QED) is 0.223. The summed E-state index contributed by atoms with van der Waals surface area (Å²) in [5.41, 5.74) is 2.95.